The van der Waals surface area contributed by atoms with Crippen LogP contribution in [0.1, 0.15) is 18.9 Å². The number of likely N-dealkylation sites (N-methyl/N-ethyl adjacent to an activating group) is 1. The highest BCUT2D eigenvalue weighted by molar-refractivity contribution is 7.13. The number of rotatable bonds is 6. The molecule has 3 rings (SSSR count). The Morgan fingerprint density at radius 2 is 2.38 bits per heavy atom. The van der Waals surface area contributed by atoms with Crippen LogP contribution in [0.25, 0.3) is 10.7 Å². The molecule has 1 saturated heterocycles. The molecule has 0 aromatic carbocycles. The molecule has 8 nitrogen and oxygen atoms in total. The van der Waals surface area contributed by atoms with Crippen LogP contribution in [0.2, 0.25) is 0 Å². The van der Waals surface area contributed by atoms with Gasteiger partial charge in [0.25, 0.3) is 5.89 Å². The van der Waals surface area contributed by atoms with Crippen LogP contribution in [0.15, 0.2) is 34.7 Å². The standard InChI is InChI=1S/C17H20N4O4S/c1-3-14(22)20(4-2)10-15(23)21-7-8-24-11-12(21)17-18-16(19-25-17)13-6-5-9-26-13/h3,5-6,9,12H,1,4,7-8,10-11H2,2H3. The summed E-state index contributed by atoms with van der Waals surface area (Å²) in [6.07, 6.45) is 1.21. The summed E-state index contributed by atoms with van der Waals surface area (Å²) < 4.78 is 10.9. The third-order valence-electron chi connectivity index (χ3n) is 4.11. The van der Waals surface area contributed by atoms with Gasteiger partial charge in [0, 0.05) is 13.1 Å². The van der Waals surface area contributed by atoms with Gasteiger partial charge in [-0.3, -0.25) is 9.59 Å². The zero-order valence-electron chi connectivity index (χ0n) is 14.5. The van der Waals surface area contributed by atoms with E-state index in [9.17, 15) is 9.59 Å². The number of carbonyl (C=O) groups excluding carboxylic acids is 2. The molecule has 1 aliphatic heterocycles. The quantitative estimate of drug-likeness (QED) is 0.714. The first-order valence-electron chi connectivity index (χ1n) is 8.30. The minimum Gasteiger partial charge on any atom is -0.377 e. The first kappa shape index (κ1) is 18.3. The molecule has 0 bridgehead atoms. The van der Waals surface area contributed by atoms with Crippen LogP contribution in [0, 0.1) is 0 Å². The third-order valence-corrected chi connectivity index (χ3v) is 4.98. The summed E-state index contributed by atoms with van der Waals surface area (Å²) in [5.41, 5.74) is 0. The molecule has 9 heteroatoms. The zero-order chi connectivity index (χ0) is 18.5. The van der Waals surface area contributed by atoms with Gasteiger partial charge in [0.2, 0.25) is 17.6 Å². The second-order valence-electron chi connectivity index (χ2n) is 5.67. The van der Waals surface area contributed by atoms with Crippen LogP contribution in [-0.4, -0.2) is 64.6 Å². The Bertz CT molecular complexity index is 774. The molecule has 2 aromatic rings. The van der Waals surface area contributed by atoms with Gasteiger partial charge in [0.15, 0.2) is 0 Å². The molecule has 0 N–H and O–H groups in total. The molecule has 0 spiro atoms. The largest absolute Gasteiger partial charge is 0.377 e. The van der Waals surface area contributed by atoms with Crippen LogP contribution in [0.4, 0.5) is 0 Å². The molecule has 0 aliphatic carbocycles. The van der Waals surface area contributed by atoms with Gasteiger partial charge in [-0.1, -0.05) is 17.8 Å². The van der Waals surface area contributed by atoms with E-state index in [0.29, 0.717) is 31.4 Å². The molecule has 0 saturated carbocycles. The van der Waals surface area contributed by atoms with Crippen LogP contribution < -0.4 is 0 Å². The van der Waals surface area contributed by atoms with Crippen molar-refractivity contribution in [3.05, 3.63) is 36.1 Å². The van der Waals surface area contributed by atoms with E-state index in [1.54, 1.807) is 4.90 Å². The van der Waals surface area contributed by atoms with Crippen LogP contribution in [0.3, 0.4) is 0 Å². The van der Waals surface area contributed by atoms with Crippen molar-refractivity contribution in [3.8, 4) is 10.7 Å². The first-order valence-corrected chi connectivity index (χ1v) is 9.18. The Labute approximate surface area is 155 Å². The maximum Gasteiger partial charge on any atom is 0.252 e. The summed E-state index contributed by atoms with van der Waals surface area (Å²) in [6, 6.07) is 3.35. The van der Waals surface area contributed by atoms with E-state index in [1.807, 2.05) is 24.4 Å². The van der Waals surface area contributed by atoms with E-state index < -0.39 is 6.04 Å². The fraction of sp³-hybridized carbons (Fsp3) is 0.412. The zero-order valence-corrected chi connectivity index (χ0v) is 15.3. The topological polar surface area (TPSA) is 88.8 Å². The van der Waals surface area contributed by atoms with Crippen molar-refractivity contribution in [2.45, 2.75) is 13.0 Å². The van der Waals surface area contributed by atoms with Crippen molar-refractivity contribution in [2.24, 2.45) is 0 Å². The van der Waals surface area contributed by atoms with Crippen LogP contribution >= 0.6 is 11.3 Å². The third kappa shape index (κ3) is 3.83. The van der Waals surface area contributed by atoms with Crippen LogP contribution in [-0.2, 0) is 14.3 Å². The Balaban J connectivity index is 1.76. The average Bonchev–Trinajstić information content (AvgIpc) is 3.36. The SMILES string of the molecule is C=CC(=O)N(CC)CC(=O)N1CCOCC1c1nc(-c2cccs2)no1. The van der Waals surface area contributed by atoms with Gasteiger partial charge in [0.05, 0.1) is 18.1 Å². The number of carbonyl (C=O) groups is 2. The highest BCUT2D eigenvalue weighted by atomic mass is 32.1. The van der Waals surface area contributed by atoms with Crippen molar-refractivity contribution in [3.63, 3.8) is 0 Å². The summed E-state index contributed by atoms with van der Waals surface area (Å²) >= 11 is 1.51. The first-order chi connectivity index (χ1) is 12.6. The monoisotopic (exact) mass is 376 g/mol. The van der Waals surface area contributed by atoms with Crippen molar-refractivity contribution < 1.29 is 18.8 Å². The number of aromatic nitrogens is 2. The van der Waals surface area contributed by atoms with Gasteiger partial charge in [-0.15, -0.1) is 11.3 Å². The van der Waals surface area contributed by atoms with E-state index in [2.05, 4.69) is 16.7 Å². The highest BCUT2D eigenvalue weighted by Gasteiger charge is 2.34. The number of morpholine rings is 1. The molecule has 26 heavy (non-hydrogen) atoms. The van der Waals surface area contributed by atoms with Gasteiger partial charge in [-0.05, 0) is 24.4 Å². The maximum atomic E-state index is 12.8. The Kier molecular flexibility index (Phi) is 5.79. The van der Waals surface area contributed by atoms with Gasteiger partial charge < -0.3 is 19.1 Å². The number of thiophene rings is 1. The molecule has 1 unspecified atom stereocenters. The fourth-order valence-corrected chi connectivity index (χ4v) is 3.36. The highest BCUT2D eigenvalue weighted by Crippen LogP contribution is 2.27. The summed E-state index contributed by atoms with van der Waals surface area (Å²) in [5.74, 6) is 0.360. The van der Waals surface area contributed by atoms with E-state index in [1.165, 1.54) is 22.3 Å². The number of amides is 2. The molecule has 0 radical (unpaired) electrons. The lowest BCUT2D eigenvalue weighted by molar-refractivity contribution is -0.145. The molecular weight excluding hydrogens is 356 g/mol. The van der Waals surface area contributed by atoms with E-state index >= 15 is 0 Å². The molecule has 2 aromatic heterocycles. The lowest BCUT2D eigenvalue weighted by Gasteiger charge is -2.34. The average molecular weight is 376 g/mol. The molecule has 3 heterocycles. The number of nitrogens with zero attached hydrogens (tertiary/aromatic N) is 4. The smallest absolute Gasteiger partial charge is 0.252 e. The minimum absolute atomic E-state index is 0.0240. The molecule has 2 amide bonds. The number of hydrogen-bond donors (Lipinski definition) is 0. The number of hydrogen-bond acceptors (Lipinski definition) is 7. The summed E-state index contributed by atoms with van der Waals surface area (Å²) in [4.78, 5) is 33.0. The normalized spacial score (nSPS) is 17.1. The Morgan fingerprint density at radius 1 is 1.54 bits per heavy atom. The van der Waals surface area contributed by atoms with Gasteiger partial charge in [-0.2, -0.15) is 4.98 Å². The second kappa shape index (κ2) is 8.24. The predicted molar refractivity (Wildman–Crippen MR) is 95.3 cm³/mol. The predicted octanol–water partition coefficient (Wildman–Crippen LogP) is 1.73. The number of ether oxygens (including phenoxy) is 1. The molecule has 1 aliphatic rings. The van der Waals surface area contributed by atoms with Gasteiger partial charge in [0.1, 0.15) is 12.6 Å². The summed E-state index contributed by atoms with van der Waals surface area (Å²) in [7, 11) is 0. The van der Waals surface area contributed by atoms with Gasteiger partial charge >= 0.3 is 0 Å². The Hall–Kier alpha value is -2.52. The van der Waals surface area contributed by atoms with Crippen molar-refractivity contribution in [2.75, 3.05) is 32.8 Å². The summed E-state index contributed by atoms with van der Waals surface area (Å²) in [5, 5.41) is 5.93. The van der Waals surface area contributed by atoms with Crippen LogP contribution in [0.5, 0.6) is 0 Å². The van der Waals surface area contributed by atoms with Crippen molar-refractivity contribution in [1.82, 2.24) is 19.9 Å². The molecular formula is C17H20N4O4S. The van der Waals surface area contributed by atoms with E-state index in [-0.39, 0.29) is 25.0 Å². The molecule has 138 valence electrons. The van der Waals surface area contributed by atoms with Crippen molar-refractivity contribution >= 4 is 23.2 Å². The molecule has 1 atom stereocenters. The lowest BCUT2D eigenvalue weighted by Crippen LogP contribution is -2.48. The van der Waals surface area contributed by atoms with Crippen molar-refractivity contribution in [1.29, 1.82) is 0 Å². The van der Waals surface area contributed by atoms with E-state index in [0.717, 1.165) is 4.88 Å². The Morgan fingerprint density at radius 3 is 3.08 bits per heavy atom. The molecule has 1 fully saturated rings. The van der Waals surface area contributed by atoms with E-state index in [4.69, 9.17) is 9.26 Å². The minimum atomic E-state index is -0.463. The fourth-order valence-electron chi connectivity index (χ4n) is 2.71. The second-order valence-corrected chi connectivity index (χ2v) is 6.62. The maximum absolute atomic E-state index is 12.8. The van der Waals surface area contributed by atoms with Gasteiger partial charge in [-0.25, -0.2) is 0 Å². The lowest BCUT2D eigenvalue weighted by atomic mass is 10.2. The summed E-state index contributed by atoms with van der Waals surface area (Å²) in [6.45, 7) is 6.79.